The quantitative estimate of drug-likeness (QED) is 0.835. The molecule has 0 bridgehead atoms. The lowest BCUT2D eigenvalue weighted by atomic mass is 9.86. The molecule has 5 heteroatoms. The fraction of sp³-hybridized carbons (Fsp3) is 0.882. The van der Waals surface area contributed by atoms with Crippen LogP contribution < -0.4 is 5.32 Å². The maximum absolute atomic E-state index is 12.7. The Morgan fingerprint density at radius 3 is 2.55 bits per heavy atom. The lowest BCUT2D eigenvalue weighted by Gasteiger charge is -2.35. The molecule has 2 amide bonds. The van der Waals surface area contributed by atoms with Gasteiger partial charge in [-0.2, -0.15) is 0 Å². The first-order valence-corrected chi connectivity index (χ1v) is 8.86. The maximum Gasteiger partial charge on any atom is 0.228 e. The maximum atomic E-state index is 12.7. The van der Waals surface area contributed by atoms with Crippen LogP contribution >= 0.6 is 0 Å². The van der Waals surface area contributed by atoms with Gasteiger partial charge >= 0.3 is 0 Å². The molecule has 2 saturated heterocycles. The van der Waals surface area contributed by atoms with Crippen molar-refractivity contribution in [1.82, 2.24) is 15.1 Å². The summed E-state index contributed by atoms with van der Waals surface area (Å²) in [6, 6.07) is 0.731. The fourth-order valence-corrected chi connectivity index (χ4v) is 4.19. The number of rotatable bonds is 2. The highest BCUT2D eigenvalue weighted by Crippen LogP contribution is 2.31. The molecule has 5 nitrogen and oxygen atoms in total. The largest absolute Gasteiger partial charge is 0.340 e. The highest BCUT2D eigenvalue weighted by molar-refractivity contribution is 5.89. The highest BCUT2D eigenvalue weighted by Gasteiger charge is 2.40. The zero-order chi connectivity index (χ0) is 15.7. The molecule has 22 heavy (non-hydrogen) atoms. The predicted octanol–water partition coefficient (Wildman–Crippen LogP) is 1.23. The Morgan fingerprint density at radius 1 is 1.14 bits per heavy atom. The average molecular weight is 307 g/mol. The van der Waals surface area contributed by atoms with Crippen molar-refractivity contribution >= 4 is 11.8 Å². The molecular formula is C17H29N3O2. The normalized spacial score (nSPS) is 36.7. The van der Waals surface area contributed by atoms with Crippen LogP contribution in [0.25, 0.3) is 0 Å². The predicted molar refractivity (Wildman–Crippen MR) is 85.3 cm³/mol. The second-order valence-electron chi connectivity index (χ2n) is 7.50. The SMILES string of the molecule is CC1CCC(N2CC(C(=O)N3CCNC(C)C3)CC2=O)CC1. The number of nitrogens with zero attached hydrogens (tertiary/aromatic N) is 2. The Labute approximate surface area is 133 Å². The molecule has 2 aliphatic heterocycles. The van der Waals surface area contributed by atoms with Gasteiger partial charge in [-0.25, -0.2) is 0 Å². The summed E-state index contributed by atoms with van der Waals surface area (Å²) in [5.74, 6) is 1.06. The summed E-state index contributed by atoms with van der Waals surface area (Å²) in [7, 11) is 0. The van der Waals surface area contributed by atoms with Crippen LogP contribution in [-0.2, 0) is 9.59 Å². The number of carbonyl (C=O) groups is 2. The molecule has 124 valence electrons. The molecule has 1 saturated carbocycles. The molecule has 3 aliphatic rings. The van der Waals surface area contributed by atoms with Gasteiger partial charge in [-0.1, -0.05) is 6.92 Å². The van der Waals surface area contributed by atoms with Gasteiger partial charge in [0.05, 0.1) is 5.92 Å². The molecular weight excluding hydrogens is 278 g/mol. The second kappa shape index (κ2) is 6.57. The van der Waals surface area contributed by atoms with Crippen LogP contribution in [0.4, 0.5) is 0 Å². The molecule has 2 unspecified atom stereocenters. The zero-order valence-corrected chi connectivity index (χ0v) is 13.9. The molecule has 0 aromatic heterocycles. The number of nitrogens with one attached hydrogen (secondary N) is 1. The lowest BCUT2D eigenvalue weighted by Crippen LogP contribution is -2.53. The molecule has 2 atom stereocenters. The van der Waals surface area contributed by atoms with Gasteiger partial charge < -0.3 is 15.1 Å². The van der Waals surface area contributed by atoms with E-state index in [9.17, 15) is 9.59 Å². The van der Waals surface area contributed by atoms with Crippen LogP contribution in [-0.4, -0.2) is 59.9 Å². The summed E-state index contributed by atoms with van der Waals surface area (Å²) in [6.45, 7) is 7.45. The van der Waals surface area contributed by atoms with Crippen LogP contribution in [0.5, 0.6) is 0 Å². The van der Waals surface area contributed by atoms with Gasteiger partial charge in [-0.15, -0.1) is 0 Å². The second-order valence-corrected chi connectivity index (χ2v) is 7.50. The molecule has 1 aliphatic carbocycles. The topological polar surface area (TPSA) is 52.7 Å². The van der Waals surface area contributed by atoms with Gasteiger partial charge in [-0.05, 0) is 38.5 Å². The van der Waals surface area contributed by atoms with Gasteiger partial charge in [0.1, 0.15) is 0 Å². The zero-order valence-electron chi connectivity index (χ0n) is 13.9. The minimum atomic E-state index is -0.114. The molecule has 3 rings (SSSR count). The van der Waals surface area contributed by atoms with E-state index in [2.05, 4.69) is 19.2 Å². The van der Waals surface area contributed by atoms with Crippen LogP contribution in [0, 0.1) is 11.8 Å². The third-order valence-electron chi connectivity index (χ3n) is 5.61. The van der Waals surface area contributed by atoms with Crippen LogP contribution in [0.15, 0.2) is 0 Å². The van der Waals surface area contributed by atoms with Gasteiger partial charge in [-0.3, -0.25) is 9.59 Å². The van der Waals surface area contributed by atoms with E-state index in [1.807, 2.05) is 9.80 Å². The van der Waals surface area contributed by atoms with Crippen molar-refractivity contribution in [2.75, 3.05) is 26.2 Å². The average Bonchev–Trinajstić information content (AvgIpc) is 2.89. The Morgan fingerprint density at radius 2 is 1.86 bits per heavy atom. The number of likely N-dealkylation sites (tertiary alicyclic amines) is 1. The van der Waals surface area contributed by atoms with Gasteiger partial charge in [0.25, 0.3) is 0 Å². The number of piperazine rings is 1. The number of hydrogen-bond donors (Lipinski definition) is 1. The first-order chi connectivity index (χ1) is 10.5. The van der Waals surface area contributed by atoms with Crippen molar-refractivity contribution in [2.24, 2.45) is 11.8 Å². The number of hydrogen-bond acceptors (Lipinski definition) is 3. The van der Waals surface area contributed by atoms with Crippen molar-refractivity contribution in [2.45, 2.75) is 58.0 Å². The molecule has 0 spiro atoms. The molecule has 0 radical (unpaired) electrons. The third kappa shape index (κ3) is 3.29. The van der Waals surface area contributed by atoms with Crippen molar-refractivity contribution in [3.05, 3.63) is 0 Å². The third-order valence-corrected chi connectivity index (χ3v) is 5.61. The van der Waals surface area contributed by atoms with Crippen LogP contribution in [0.1, 0.15) is 46.0 Å². The first-order valence-electron chi connectivity index (χ1n) is 8.86. The molecule has 1 N–H and O–H groups in total. The minimum Gasteiger partial charge on any atom is -0.340 e. The van der Waals surface area contributed by atoms with Crippen molar-refractivity contribution in [3.8, 4) is 0 Å². The Balaban J connectivity index is 1.58. The summed E-state index contributed by atoms with van der Waals surface area (Å²) in [4.78, 5) is 29.0. The van der Waals surface area contributed by atoms with Gasteiger partial charge in [0.2, 0.25) is 11.8 Å². The van der Waals surface area contributed by atoms with E-state index in [0.29, 0.717) is 25.0 Å². The lowest BCUT2D eigenvalue weighted by molar-refractivity contribution is -0.136. The van der Waals surface area contributed by atoms with E-state index in [1.54, 1.807) is 0 Å². The highest BCUT2D eigenvalue weighted by atomic mass is 16.2. The smallest absolute Gasteiger partial charge is 0.228 e. The number of amides is 2. The van der Waals surface area contributed by atoms with E-state index in [1.165, 1.54) is 12.8 Å². The van der Waals surface area contributed by atoms with Crippen molar-refractivity contribution in [3.63, 3.8) is 0 Å². The summed E-state index contributed by atoms with van der Waals surface area (Å²) in [5, 5.41) is 3.36. The monoisotopic (exact) mass is 307 g/mol. The summed E-state index contributed by atoms with van der Waals surface area (Å²) in [6.07, 6.45) is 5.06. The van der Waals surface area contributed by atoms with Crippen LogP contribution in [0.2, 0.25) is 0 Å². The van der Waals surface area contributed by atoms with Crippen LogP contribution in [0.3, 0.4) is 0 Å². The van der Waals surface area contributed by atoms with E-state index in [-0.39, 0.29) is 17.7 Å². The van der Waals surface area contributed by atoms with Crippen molar-refractivity contribution in [1.29, 1.82) is 0 Å². The standard InChI is InChI=1S/C17H29N3O2/c1-12-3-5-15(6-4-12)20-11-14(9-16(20)21)17(22)19-8-7-18-13(2)10-19/h12-15,18H,3-11H2,1-2H3. The Bertz CT molecular complexity index is 432. The van der Waals surface area contributed by atoms with E-state index in [4.69, 9.17) is 0 Å². The molecule has 3 fully saturated rings. The van der Waals surface area contributed by atoms with Gasteiger partial charge in [0.15, 0.2) is 0 Å². The van der Waals surface area contributed by atoms with E-state index < -0.39 is 0 Å². The fourth-order valence-electron chi connectivity index (χ4n) is 4.19. The van der Waals surface area contributed by atoms with E-state index >= 15 is 0 Å². The van der Waals surface area contributed by atoms with Crippen molar-refractivity contribution < 1.29 is 9.59 Å². The minimum absolute atomic E-state index is 0.114. The molecule has 0 aromatic carbocycles. The van der Waals surface area contributed by atoms with Gasteiger partial charge in [0, 0.05) is 44.7 Å². The molecule has 0 aromatic rings. The first kappa shape index (κ1) is 15.8. The Hall–Kier alpha value is -1.10. The summed E-state index contributed by atoms with van der Waals surface area (Å²) < 4.78 is 0. The van der Waals surface area contributed by atoms with E-state index in [0.717, 1.165) is 38.4 Å². The number of carbonyl (C=O) groups excluding carboxylic acids is 2. The summed E-state index contributed by atoms with van der Waals surface area (Å²) in [5.41, 5.74) is 0. The molecule has 2 heterocycles. The summed E-state index contributed by atoms with van der Waals surface area (Å²) >= 11 is 0. The Kier molecular flexibility index (Phi) is 4.71.